The lowest BCUT2D eigenvalue weighted by Crippen LogP contribution is -2.58. The summed E-state index contributed by atoms with van der Waals surface area (Å²) in [7, 11) is 0. The van der Waals surface area contributed by atoms with Crippen LogP contribution in [0.5, 0.6) is 0 Å². The first-order valence-electron chi connectivity index (χ1n) is 14.0. The minimum atomic E-state index is -0.902. The van der Waals surface area contributed by atoms with Gasteiger partial charge in [0, 0.05) is 22.9 Å². The van der Waals surface area contributed by atoms with Crippen LogP contribution in [-0.4, -0.2) is 52.0 Å². The summed E-state index contributed by atoms with van der Waals surface area (Å²) in [6.07, 6.45) is 11.7. The third-order valence-electron chi connectivity index (χ3n) is 10.2. The molecule has 1 aromatic rings. The number of hydrogen-bond acceptors (Lipinski definition) is 4. The second kappa shape index (κ2) is 9.59. The van der Waals surface area contributed by atoms with Gasteiger partial charge in [0.05, 0.1) is 18.2 Å². The van der Waals surface area contributed by atoms with Crippen LogP contribution < -0.4 is 5.32 Å². The number of urea groups is 1. The third kappa shape index (κ3) is 4.37. The molecule has 0 radical (unpaired) electrons. The molecule has 5 nitrogen and oxygen atoms in total. The van der Waals surface area contributed by atoms with Gasteiger partial charge in [0.2, 0.25) is 0 Å². The molecular formula is C30H44N2O3S. The molecule has 1 heterocycles. The number of allylic oxidation sites excluding steroid dienone is 3. The summed E-state index contributed by atoms with van der Waals surface area (Å²) in [4.78, 5) is 16.4. The fourth-order valence-corrected chi connectivity index (χ4v) is 8.66. The van der Waals surface area contributed by atoms with E-state index in [9.17, 15) is 15.0 Å². The molecule has 5 rings (SSSR count). The Bertz CT molecular complexity index is 1030. The first-order chi connectivity index (χ1) is 17.1. The Balaban J connectivity index is 1.39. The number of carbonyl (C=O) groups is 1. The molecule has 2 amide bonds. The first-order valence-corrected chi connectivity index (χ1v) is 14.8. The number of fused-ring (bicyclic) bond motifs is 5. The van der Waals surface area contributed by atoms with E-state index in [-0.39, 0.29) is 29.0 Å². The van der Waals surface area contributed by atoms with E-state index in [1.54, 1.807) is 11.3 Å². The molecule has 36 heavy (non-hydrogen) atoms. The largest absolute Gasteiger partial charge is 0.393 e. The third-order valence-corrected chi connectivity index (χ3v) is 11.2. The van der Waals surface area contributed by atoms with Gasteiger partial charge >= 0.3 is 6.03 Å². The number of amides is 2. The SMILES string of the molecule is CC(C)NC(=O)N(CCc1cccs1)CC1(O)CCC2C3=CC=C4CC(O)CCC4(C)C3CCC21C. The Labute approximate surface area is 220 Å². The molecule has 3 fully saturated rings. The van der Waals surface area contributed by atoms with Gasteiger partial charge in [-0.1, -0.05) is 43.2 Å². The summed E-state index contributed by atoms with van der Waals surface area (Å²) in [5, 5.41) is 27.7. The van der Waals surface area contributed by atoms with Gasteiger partial charge in [-0.2, -0.15) is 0 Å². The van der Waals surface area contributed by atoms with E-state index in [2.05, 4.69) is 48.8 Å². The second-order valence-corrected chi connectivity index (χ2v) is 13.7. The van der Waals surface area contributed by atoms with Gasteiger partial charge < -0.3 is 20.4 Å². The quantitative estimate of drug-likeness (QED) is 0.459. The van der Waals surface area contributed by atoms with E-state index in [1.165, 1.54) is 16.0 Å². The summed E-state index contributed by atoms with van der Waals surface area (Å²) >= 11 is 1.72. The molecule has 0 aliphatic heterocycles. The number of nitrogens with one attached hydrogen (secondary N) is 1. The molecule has 3 saturated carbocycles. The zero-order valence-electron chi connectivity index (χ0n) is 22.4. The van der Waals surface area contributed by atoms with E-state index in [4.69, 9.17) is 0 Å². The highest BCUT2D eigenvalue weighted by Crippen LogP contribution is 2.66. The summed E-state index contributed by atoms with van der Waals surface area (Å²) in [6, 6.07) is 4.16. The van der Waals surface area contributed by atoms with Crippen LogP contribution in [-0.2, 0) is 6.42 Å². The molecule has 0 aromatic carbocycles. The van der Waals surface area contributed by atoms with Gasteiger partial charge in [0.1, 0.15) is 0 Å². The summed E-state index contributed by atoms with van der Waals surface area (Å²) in [5.74, 6) is 0.847. The van der Waals surface area contributed by atoms with Gasteiger partial charge in [0.25, 0.3) is 0 Å². The lowest BCUT2D eigenvalue weighted by atomic mass is 9.50. The highest BCUT2D eigenvalue weighted by Gasteiger charge is 2.62. The zero-order valence-corrected chi connectivity index (χ0v) is 23.2. The van der Waals surface area contributed by atoms with Crippen molar-refractivity contribution in [1.82, 2.24) is 10.2 Å². The Morgan fingerprint density at radius 1 is 1.17 bits per heavy atom. The predicted octanol–water partition coefficient (Wildman–Crippen LogP) is 5.69. The van der Waals surface area contributed by atoms with Gasteiger partial charge in [-0.3, -0.25) is 0 Å². The number of aliphatic hydroxyl groups is 2. The van der Waals surface area contributed by atoms with Crippen molar-refractivity contribution in [2.24, 2.45) is 22.7 Å². The molecule has 0 bridgehead atoms. The van der Waals surface area contributed by atoms with Gasteiger partial charge in [-0.05, 0) is 93.9 Å². The Morgan fingerprint density at radius 2 is 1.94 bits per heavy atom. The van der Waals surface area contributed by atoms with Crippen LogP contribution in [0.2, 0.25) is 0 Å². The van der Waals surface area contributed by atoms with Crippen molar-refractivity contribution in [3.8, 4) is 0 Å². The summed E-state index contributed by atoms with van der Waals surface area (Å²) < 4.78 is 0. The van der Waals surface area contributed by atoms with Gasteiger partial charge in [-0.15, -0.1) is 11.3 Å². The molecule has 0 saturated heterocycles. The monoisotopic (exact) mass is 512 g/mol. The predicted molar refractivity (Wildman–Crippen MR) is 146 cm³/mol. The lowest BCUT2D eigenvalue weighted by Gasteiger charge is -2.56. The molecule has 4 aliphatic carbocycles. The van der Waals surface area contributed by atoms with Crippen LogP contribution in [0.4, 0.5) is 4.79 Å². The minimum Gasteiger partial charge on any atom is -0.393 e. The number of aliphatic hydroxyl groups excluding tert-OH is 1. The van der Waals surface area contributed by atoms with Crippen LogP contribution in [0.1, 0.15) is 77.5 Å². The number of nitrogens with zero attached hydrogens (tertiary/aromatic N) is 1. The van der Waals surface area contributed by atoms with E-state index in [0.29, 0.717) is 24.9 Å². The van der Waals surface area contributed by atoms with Crippen molar-refractivity contribution in [2.45, 2.75) is 96.8 Å². The van der Waals surface area contributed by atoms with Gasteiger partial charge in [-0.25, -0.2) is 4.79 Å². The molecular weight excluding hydrogens is 468 g/mol. The van der Waals surface area contributed by atoms with Gasteiger partial charge in [0.15, 0.2) is 0 Å². The van der Waals surface area contributed by atoms with Crippen LogP contribution in [0.15, 0.2) is 40.8 Å². The number of thiophene rings is 1. The van der Waals surface area contributed by atoms with Crippen LogP contribution in [0.3, 0.4) is 0 Å². The molecule has 0 spiro atoms. The fourth-order valence-electron chi connectivity index (χ4n) is 7.96. The smallest absolute Gasteiger partial charge is 0.317 e. The summed E-state index contributed by atoms with van der Waals surface area (Å²) in [6.45, 7) is 9.66. The molecule has 6 atom stereocenters. The molecule has 6 heteroatoms. The Kier molecular flexibility index (Phi) is 6.93. The maximum Gasteiger partial charge on any atom is 0.317 e. The molecule has 198 valence electrons. The van der Waals surface area contributed by atoms with Crippen LogP contribution in [0, 0.1) is 22.7 Å². The van der Waals surface area contributed by atoms with Crippen molar-refractivity contribution in [2.75, 3.05) is 13.1 Å². The highest BCUT2D eigenvalue weighted by molar-refractivity contribution is 7.09. The average molecular weight is 513 g/mol. The second-order valence-electron chi connectivity index (χ2n) is 12.7. The number of rotatable bonds is 6. The normalized spacial score (nSPS) is 37.5. The molecule has 1 aromatic heterocycles. The summed E-state index contributed by atoms with van der Waals surface area (Å²) in [5.41, 5.74) is 1.91. The van der Waals surface area contributed by atoms with E-state index in [0.717, 1.165) is 51.4 Å². The Hall–Kier alpha value is -1.63. The average Bonchev–Trinajstić information content (AvgIpc) is 3.43. The highest BCUT2D eigenvalue weighted by atomic mass is 32.1. The van der Waals surface area contributed by atoms with Crippen molar-refractivity contribution < 1.29 is 15.0 Å². The molecule has 3 N–H and O–H groups in total. The topological polar surface area (TPSA) is 72.8 Å². The fraction of sp³-hybridized carbons (Fsp3) is 0.700. The van der Waals surface area contributed by atoms with Crippen molar-refractivity contribution in [3.63, 3.8) is 0 Å². The molecule has 4 aliphatic rings. The number of hydrogen-bond donors (Lipinski definition) is 3. The lowest BCUT2D eigenvalue weighted by molar-refractivity contribution is -0.0963. The van der Waals surface area contributed by atoms with Crippen LogP contribution >= 0.6 is 11.3 Å². The first kappa shape index (κ1) is 26.0. The van der Waals surface area contributed by atoms with E-state index >= 15 is 0 Å². The minimum absolute atomic E-state index is 0.0573. The maximum atomic E-state index is 13.2. The van der Waals surface area contributed by atoms with Crippen molar-refractivity contribution >= 4 is 17.4 Å². The van der Waals surface area contributed by atoms with Crippen LogP contribution in [0.25, 0.3) is 0 Å². The van der Waals surface area contributed by atoms with Crippen molar-refractivity contribution in [3.05, 3.63) is 45.7 Å². The van der Waals surface area contributed by atoms with E-state index < -0.39 is 5.60 Å². The zero-order chi connectivity index (χ0) is 25.7. The maximum absolute atomic E-state index is 13.2. The van der Waals surface area contributed by atoms with E-state index in [1.807, 2.05) is 18.7 Å². The van der Waals surface area contributed by atoms with Crippen molar-refractivity contribution in [1.29, 1.82) is 0 Å². The Morgan fingerprint density at radius 3 is 2.67 bits per heavy atom. The molecule has 6 unspecified atom stereocenters. The number of carbonyl (C=O) groups excluding carboxylic acids is 1. The standard InChI is InChI=1S/C30H44N2O3S/c1-20(2)31-27(34)32(16-12-23-6-5-17-36-23)19-30(35)15-11-26-24-8-7-21-18-22(33)9-13-28(21,3)25(24)10-14-29(26,30)4/h5-8,17,20,22,25-26,33,35H,9-16,18-19H2,1-4H3,(H,31,34).